The lowest BCUT2D eigenvalue weighted by Gasteiger charge is -2.32. The number of benzene rings is 1. The largest absolute Gasteiger partial charge is 0.446 e. The number of fused-ring (bicyclic) bond motifs is 1. The van der Waals surface area contributed by atoms with Crippen molar-refractivity contribution in [2.24, 2.45) is 0 Å². The maximum atomic E-state index is 12.6. The van der Waals surface area contributed by atoms with E-state index in [1.165, 1.54) is 24.3 Å². The quantitative estimate of drug-likeness (QED) is 0.503. The Labute approximate surface area is 148 Å². The number of halogens is 4. The molecular formula is C14H11F3IN3OS. The number of thioether (sulfide) groups is 1. The van der Waals surface area contributed by atoms with Crippen LogP contribution in [-0.2, 0) is 0 Å². The molecule has 2 aromatic rings. The predicted molar refractivity (Wildman–Crippen MR) is 89.7 cm³/mol. The van der Waals surface area contributed by atoms with Crippen molar-refractivity contribution in [2.45, 2.75) is 23.4 Å². The normalized spacial score (nSPS) is 18.2. The van der Waals surface area contributed by atoms with E-state index in [0.29, 0.717) is 17.9 Å². The van der Waals surface area contributed by atoms with Crippen LogP contribution in [0.5, 0.6) is 0 Å². The molecule has 0 fully saturated rings. The Morgan fingerprint density at radius 2 is 1.96 bits per heavy atom. The minimum absolute atomic E-state index is 0.00422. The fourth-order valence-corrected chi connectivity index (χ4v) is 3.62. The molecule has 0 saturated heterocycles. The number of aromatic nitrogens is 2. The van der Waals surface area contributed by atoms with Gasteiger partial charge in [0.05, 0.1) is 15.8 Å². The second-order valence-corrected chi connectivity index (χ2v) is 7.39. The van der Waals surface area contributed by atoms with Crippen LogP contribution in [-0.4, -0.2) is 27.7 Å². The van der Waals surface area contributed by atoms with Crippen LogP contribution in [0.15, 0.2) is 35.4 Å². The lowest BCUT2D eigenvalue weighted by atomic mass is 10.1. The molecule has 1 aliphatic rings. The highest BCUT2D eigenvalue weighted by Gasteiger charge is 2.33. The van der Waals surface area contributed by atoms with Crippen LogP contribution in [0.4, 0.5) is 18.9 Å². The highest BCUT2D eigenvalue weighted by Crippen LogP contribution is 2.38. The van der Waals surface area contributed by atoms with Gasteiger partial charge in [-0.1, -0.05) is 0 Å². The van der Waals surface area contributed by atoms with Crippen molar-refractivity contribution in [3.63, 3.8) is 0 Å². The molecular weight excluding hydrogens is 442 g/mol. The number of hydrogen-bond donors (Lipinski definition) is 0. The molecule has 0 saturated carbocycles. The predicted octanol–water partition coefficient (Wildman–Crippen LogP) is 4.32. The molecule has 0 N–H and O–H groups in total. The fourth-order valence-electron chi connectivity index (χ4n) is 2.48. The molecule has 1 aromatic carbocycles. The highest BCUT2D eigenvalue weighted by molar-refractivity contribution is 14.1. The second-order valence-electron chi connectivity index (χ2n) is 5.09. The molecule has 0 spiro atoms. The number of hydrogen-bond acceptors (Lipinski definition) is 3. The van der Waals surface area contributed by atoms with Gasteiger partial charge >= 0.3 is 5.51 Å². The van der Waals surface area contributed by atoms with Crippen LogP contribution in [0.3, 0.4) is 0 Å². The Hall–Kier alpha value is -1.23. The smallest absolute Gasteiger partial charge is 0.305 e. The number of amides is 1. The third-order valence-corrected chi connectivity index (χ3v) is 4.97. The average Bonchev–Trinajstić information content (AvgIpc) is 2.85. The molecule has 3 rings (SSSR count). The first-order chi connectivity index (χ1) is 10.8. The van der Waals surface area contributed by atoms with Gasteiger partial charge in [0.1, 0.15) is 5.69 Å². The summed E-state index contributed by atoms with van der Waals surface area (Å²) in [4.78, 5) is 14.3. The molecule has 1 amide bonds. The van der Waals surface area contributed by atoms with Crippen molar-refractivity contribution in [1.82, 2.24) is 9.78 Å². The summed E-state index contributed by atoms with van der Waals surface area (Å²) in [6, 6.07) is 5.83. The molecule has 0 aliphatic carbocycles. The van der Waals surface area contributed by atoms with Crippen molar-refractivity contribution in [2.75, 3.05) is 11.4 Å². The Balaban J connectivity index is 1.88. The van der Waals surface area contributed by atoms with E-state index in [1.54, 1.807) is 15.8 Å². The number of rotatable bonds is 2. The summed E-state index contributed by atoms with van der Waals surface area (Å²) < 4.78 is 39.6. The first-order valence-electron chi connectivity index (χ1n) is 6.67. The van der Waals surface area contributed by atoms with Crippen molar-refractivity contribution in [3.05, 3.63) is 39.7 Å². The number of alkyl halides is 3. The number of nitrogens with zero attached hydrogens (tertiary/aromatic N) is 3. The minimum Gasteiger partial charge on any atom is -0.305 e. The van der Waals surface area contributed by atoms with Crippen molar-refractivity contribution in [3.8, 4) is 0 Å². The Kier molecular flexibility index (Phi) is 4.34. The molecule has 1 aliphatic heterocycles. The maximum Gasteiger partial charge on any atom is 0.446 e. The van der Waals surface area contributed by atoms with E-state index in [9.17, 15) is 18.0 Å². The van der Waals surface area contributed by atoms with Gasteiger partial charge in [0.2, 0.25) is 0 Å². The lowest BCUT2D eigenvalue weighted by molar-refractivity contribution is -0.0328. The van der Waals surface area contributed by atoms with Gasteiger partial charge in [-0.05, 0) is 65.5 Å². The van der Waals surface area contributed by atoms with Crippen LogP contribution in [0.1, 0.15) is 23.5 Å². The van der Waals surface area contributed by atoms with E-state index in [0.717, 1.165) is 3.57 Å². The van der Waals surface area contributed by atoms with Gasteiger partial charge in [-0.3, -0.25) is 9.48 Å². The molecule has 1 aromatic heterocycles. The van der Waals surface area contributed by atoms with Gasteiger partial charge in [-0.25, -0.2) is 0 Å². The average molecular weight is 453 g/mol. The maximum absolute atomic E-state index is 12.6. The molecule has 2 heterocycles. The van der Waals surface area contributed by atoms with Crippen LogP contribution in [0.2, 0.25) is 0 Å². The van der Waals surface area contributed by atoms with E-state index in [-0.39, 0.29) is 28.6 Å². The summed E-state index contributed by atoms with van der Waals surface area (Å²) in [6.07, 6.45) is 1.64. The van der Waals surface area contributed by atoms with Crippen LogP contribution >= 0.6 is 34.4 Å². The molecule has 9 heteroatoms. The lowest BCUT2D eigenvalue weighted by Crippen LogP contribution is -2.42. The van der Waals surface area contributed by atoms with Crippen molar-refractivity contribution < 1.29 is 18.0 Å². The molecule has 0 radical (unpaired) electrons. The zero-order valence-electron chi connectivity index (χ0n) is 11.8. The van der Waals surface area contributed by atoms with E-state index in [4.69, 9.17) is 0 Å². The minimum atomic E-state index is -4.32. The number of carbonyl (C=O) groups excluding carboxylic acids is 1. The third-order valence-electron chi connectivity index (χ3n) is 3.44. The van der Waals surface area contributed by atoms with Gasteiger partial charge in [0, 0.05) is 17.1 Å². The summed E-state index contributed by atoms with van der Waals surface area (Å²) >= 11 is 1.88. The summed E-state index contributed by atoms with van der Waals surface area (Å²) in [5.74, 6) is -0.193. The van der Waals surface area contributed by atoms with E-state index < -0.39 is 5.51 Å². The summed E-state index contributed by atoms with van der Waals surface area (Å²) in [7, 11) is 0. The molecule has 0 bridgehead atoms. The van der Waals surface area contributed by atoms with E-state index >= 15 is 0 Å². The summed E-state index contributed by atoms with van der Waals surface area (Å²) in [6.45, 7) is 2.37. The number of anilines is 1. The standard InChI is InChI=1S/C14H11F3IN3OS/c1-8-7-20(13(22)12-11(18)6-19-21(8)12)9-2-4-10(5-3-9)23-14(15,16)17/h2-6,8H,7H2,1H3/t8-/m0/s1. The number of carbonyl (C=O) groups is 1. The monoisotopic (exact) mass is 453 g/mol. The SMILES string of the molecule is C[C@H]1CN(c2ccc(SC(F)(F)F)cc2)C(=O)c2c(I)cnn21. The topological polar surface area (TPSA) is 38.1 Å². The van der Waals surface area contributed by atoms with E-state index in [1.807, 2.05) is 6.92 Å². The van der Waals surface area contributed by atoms with Gasteiger partial charge in [-0.15, -0.1) is 0 Å². The molecule has 4 nitrogen and oxygen atoms in total. The third kappa shape index (κ3) is 3.35. The van der Waals surface area contributed by atoms with Gasteiger partial charge in [0.25, 0.3) is 5.91 Å². The Bertz CT molecular complexity index is 745. The second kappa shape index (κ2) is 6.00. The molecule has 23 heavy (non-hydrogen) atoms. The molecule has 122 valence electrons. The Morgan fingerprint density at radius 1 is 1.30 bits per heavy atom. The first kappa shape index (κ1) is 16.6. The van der Waals surface area contributed by atoms with Gasteiger partial charge in [0.15, 0.2) is 0 Å². The van der Waals surface area contributed by atoms with Crippen molar-refractivity contribution in [1.29, 1.82) is 0 Å². The van der Waals surface area contributed by atoms with Crippen LogP contribution in [0.25, 0.3) is 0 Å². The van der Waals surface area contributed by atoms with Gasteiger partial charge < -0.3 is 4.90 Å². The Morgan fingerprint density at radius 3 is 2.57 bits per heavy atom. The highest BCUT2D eigenvalue weighted by atomic mass is 127. The fraction of sp³-hybridized carbons (Fsp3) is 0.286. The zero-order chi connectivity index (χ0) is 16.8. The molecule has 1 atom stereocenters. The first-order valence-corrected chi connectivity index (χ1v) is 8.56. The summed E-state index contributed by atoms with van der Waals surface area (Å²) in [5, 5.41) is 4.20. The summed E-state index contributed by atoms with van der Waals surface area (Å²) in [5.41, 5.74) is -3.23. The molecule has 0 unspecified atom stereocenters. The zero-order valence-corrected chi connectivity index (χ0v) is 14.8. The van der Waals surface area contributed by atoms with Crippen LogP contribution in [0, 0.1) is 3.57 Å². The van der Waals surface area contributed by atoms with Gasteiger partial charge in [-0.2, -0.15) is 18.3 Å². The van der Waals surface area contributed by atoms with Crippen molar-refractivity contribution >= 4 is 45.9 Å². The van der Waals surface area contributed by atoms with E-state index in [2.05, 4.69) is 27.7 Å². The van der Waals surface area contributed by atoms with Crippen LogP contribution < -0.4 is 4.90 Å².